The molecule has 3 aliphatic heterocycles. The average molecular weight is 810 g/mol. The molecule has 0 aliphatic carbocycles. The number of likely N-dealkylation sites (tertiary alicyclic amines) is 1. The second-order valence-electron chi connectivity index (χ2n) is 15.4. The molecule has 13 nitrogen and oxygen atoms in total. The number of benzene rings is 1. The van der Waals surface area contributed by atoms with Crippen LogP contribution in [0.15, 0.2) is 30.0 Å². The van der Waals surface area contributed by atoms with E-state index in [1.54, 1.807) is 23.4 Å². The summed E-state index contributed by atoms with van der Waals surface area (Å²) in [5.74, 6) is -0.602. The predicted octanol–water partition coefficient (Wildman–Crippen LogP) is 6.36. The standard InChI is InChI=1S/C43H63N5O8S/c1-7-10-11-12-13-14-16-29(9-3)57-36-24-38(50)47(41(36)51)22-20-44-37(49)25-45-43(53)48-33-17-15-18-35(55-5)39(33)30-19-21-46-26-28(8-2)31(23-34(46)40(30)48)32(27-54-4)42(52)56-6/h15,17-18,27-29,31,34,36H,7-14,16,19-26H2,1-6H3,(H,44,49)(H,45,53)/b32-27+. The maximum atomic E-state index is 14.2. The first-order valence-electron chi connectivity index (χ1n) is 20.9. The van der Waals surface area contributed by atoms with Crippen LogP contribution in [-0.2, 0) is 35.1 Å². The Hall–Kier alpha value is -4.04. The lowest BCUT2D eigenvalue weighted by Gasteiger charge is -2.47. The van der Waals surface area contributed by atoms with Gasteiger partial charge in [-0.25, -0.2) is 9.59 Å². The van der Waals surface area contributed by atoms with Crippen LogP contribution in [0.25, 0.3) is 10.9 Å². The number of ether oxygens (including phenoxy) is 3. The number of fused-ring (bicyclic) bond motifs is 5. The number of carbonyl (C=O) groups excluding carboxylic acids is 5. The van der Waals surface area contributed by atoms with Crippen molar-refractivity contribution in [2.24, 2.45) is 11.8 Å². The van der Waals surface area contributed by atoms with Gasteiger partial charge in [0.2, 0.25) is 17.7 Å². The zero-order valence-corrected chi connectivity index (χ0v) is 35.5. The van der Waals surface area contributed by atoms with E-state index < -0.39 is 17.9 Å². The Morgan fingerprint density at radius 1 is 1.02 bits per heavy atom. The number of aromatic nitrogens is 1. The Morgan fingerprint density at radius 2 is 1.79 bits per heavy atom. The summed E-state index contributed by atoms with van der Waals surface area (Å²) >= 11 is 1.62. The van der Waals surface area contributed by atoms with Crippen molar-refractivity contribution in [1.82, 2.24) is 25.0 Å². The molecule has 2 fully saturated rings. The van der Waals surface area contributed by atoms with E-state index in [1.165, 1.54) is 57.5 Å². The van der Waals surface area contributed by atoms with E-state index in [2.05, 4.69) is 36.3 Å². The zero-order valence-electron chi connectivity index (χ0n) is 34.7. The molecule has 0 saturated carbocycles. The number of carbonyl (C=O) groups is 5. The third-order valence-corrected chi connectivity index (χ3v) is 13.6. The van der Waals surface area contributed by atoms with Gasteiger partial charge in [-0.3, -0.25) is 28.8 Å². The summed E-state index contributed by atoms with van der Waals surface area (Å²) in [5.41, 5.74) is 2.97. The second-order valence-corrected chi connectivity index (χ2v) is 16.9. The lowest BCUT2D eigenvalue weighted by Crippen LogP contribution is -2.48. The zero-order chi connectivity index (χ0) is 41.1. The van der Waals surface area contributed by atoms with E-state index in [4.69, 9.17) is 14.2 Å². The van der Waals surface area contributed by atoms with Crippen LogP contribution >= 0.6 is 11.8 Å². The molecule has 4 amide bonds. The molecule has 2 saturated heterocycles. The van der Waals surface area contributed by atoms with Crippen LogP contribution in [0.5, 0.6) is 5.75 Å². The van der Waals surface area contributed by atoms with Crippen LogP contribution in [-0.4, -0.2) is 109 Å². The molecule has 57 heavy (non-hydrogen) atoms. The van der Waals surface area contributed by atoms with Crippen molar-refractivity contribution >= 4 is 52.4 Å². The number of nitrogens with one attached hydrogen (secondary N) is 2. The van der Waals surface area contributed by atoms with Gasteiger partial charge in [-0.1, -0.05) is 71.8 Å². The molecule has 5 unspecified atom stereocenters. The molecule has 3 aliphatic rings. The lowest BCUT2D eigenvalue weighted by molar-refractivity contribution is -0.139. The number of piperidine rings is 1. The first-order chi connectivity index (χ1) is 27.6. The van der Waals surface area contributed by atoms with Crippen LogP contribution in [0.2, 0.25) is 0 Å². The van der Waals surface area contributed by atoms with Crippen LogP contribution in [0.1, 0.15) is 109 Å². The number of hydrogen-bond donors (Lipinski definition) is 2. The second kappa shape index (κ2) is 21.1. The van der Waals surface area contributed by atoms with Gasteiger partial charge in [0.1, 0.15) is 5.75 Å². The van der Waals surface area contributed by atoms with Gasteiger partial charge in [0.05, 0.1) is 56.5 Å². The number of imide groups is 1. The highest BCUT2D eigenvalue weighted by molar-refractivity contribution is 8.01. The number of esters is 1. The number of nitrogens with zero attached hydrogens (tertiary/aromatic N) is 3. The van der Waals surface area contributed by atoms with E-state index in [0.29, 0.717) is 34.9 Å². The van der Waals surface area contributed by atoms with Gasteiger partial charge in [-0.15, -0.1) is 11.8 Å². The predicted molar refractivity (Wildman–Crippen MR) is 222 cm³/mol. The first-order valence-corrected chi connectivity index (χ1v) is 21.9. The molecule has 5 atom stereocenters. The Kier molecular flexibility index (Phi) is 16.3. The molecule has 2 aromatic rings. The van der Waals surface area contributed by atoms with Crippen LogP contribution in [0, 0.1) is 11.8 Å². The Balaban J connectivity index is 1.23. The van der Waals surface area contributed by atoms with E-state index in [0.717, 1.165) is 55.4 Å². The van der Waals surface area contributed by atoms with Gasteiger partial charge in [0, 0.05) is 48.9 Å². The molecule has 0 radical (unpaired) electrons. The molecular weight excluding hydrogens is 747 g/mol. The molecule has 314 valence electrons. The number of methoxy groups -OCH3 is 3. The van der Waals surface area contributed by atoms with Crippen LogP contribution < -0.4 is 15.4 Å². The number of amides is 4. The van der Waals surface area contributed by atoms with E-state index >= 15 is 0 Å². The highest BCUT2D eigenvalue weighted by atomic mass is 32.2. The minimum atomic E-state index is -0.461. The fraction of sp³-hybridized carbons (Fsp3) is 0.651. The van der Waals surface area contributed by atoms with Crippen molar-refractivity contribution in [2.75, 3.05) is 54.1 Å². The summed E-state index contributed by atoms with van der Waals surface area (Å²) in [6, 6.07) is 4.94. The third kappa shape index (κ3) is 10.2. The summed E-state index contributed by atoms with van der Waals surface area (Å²) in [5, 5.41) is 6.41. The van der Waals surface area contributed by atoms with Crippen molar-refractivity contribution in [3.63, 3.8) is 0 Å². The number of rotatable bonds is 20. The van der Waals surface area contributed by atoms with Crippen molar-refractivity contribution in [1.29, 1.82) is 0 Å². The molecule has 4 heterocycles. The molecule has 2 N–H and O–H groups in total. The minimum absolute atomic E-state index is 0.0840. The van der Waals surface area contributed by atoms with Crippen LogP contribution in [0.3, 0.4) is 0 Å². The maximum Gasteiger partial charge on any atom is 0.337 e. The van der Waals surface area contributed by atoms with Gasteiger partial charge in [0.15, 0.2) is 0 Å². The summed E-state index contributed by atoms with van der Waals surface area (Å²) in [6.07, 6.45) is 13.1. The summed E-state index contributed by atoms with van der Waals surface area (Å²) in [7, 11) is 4.50. The van der Waals surface area contributed by atoms with Crippen LogP contribution in [0.4, 0.5) is 4.79 Å². The van der Waals surface area contributed by atoms with Crippen molar-refractivity contribution in [2.45, 2.75) is 114 Å². The van der Waals surface area contributed by atoms with Gasteiger partial charge in [0.25, 0.3) is 0 Å². The third-order valence-electron chi connectivity index (χ3n) is 12.0. The Bertz CT molecular complexity index is 1780. The number of thioether (sulfide) groups is 1. The first kappa shape index (κ1) is 44.1. The average Bonchev–Trinajstić information content (AvgIpc) is 3.71. The molecule has 1 aromatic carbocycles. The molecule has 5 rings (SSSR count). The molecule has 1 aromatic heterocycles. The summed E-state index contributed by atoms with van der Waals surface area (Å²) in [6.45, 7) is 7.85. The van der Waals surface area contributed by atoms with Crippen molar-refractivity contribution in [3.05, 3.63) is 41.3 Å². The highest BCUT2D eigenvalue weighted by Crippen LogP contribution is 2.48. The minimum Gasteiger partial charge on any atom is -0.504 e. The monoisotopic (exact) mass is 809 g/mol. The Morgan fingerprint density at radius 3 is 2.49 bits per heavy atom. The maximum absolute atomic E-state index is 14.2. The van der Waals surface area contributed by atoms with Gasteiger partial charge >= 0.3 is 12.0 Å². The van der Waals surface area contributed by atoms with E-state index in [1.807, 2.05) is 18.2 Å². The smallest absolute Gasteiger partial charge is 0.337 e. The largest absolute Gasteiger partial charge is 0.504 e. The fourth-order valence-electron chi connectivity index (χ4n) is 9.00. The SMILES string of the molecule is CCCCCCCCC(CC)SC1CC(=O)N(CCNC(=O)CNC(=O)n2c3c(c4c(OC)cccc42)CCN2CC(CC)C(/C(=C\OC)C(=O)OC)CC32)C1=O. The van der Waals surface area contributed by atoms with Gasteiger partial charge < -0.3 is 24.8 Å². The van der Waals surface area contributed by atoms with E-state index in [9.17, 15) is 24.0 Å². The normalized spacial score (nSPS) is 21.6. The van der Waals surface area contributed by atoms with Gasteiger partial charge in [-0.2, -0.15) is 0 Å². The summed E-state index contributed by atoms with van der Waals surface area (Å²) in [4.78, 5) is 70.1. The molecule has 0 bridgehead atoms. The van der Waals surface area contributed by atoms with Crippen molar-refractivity contribution in [3.8, 4) is 5.75 Å². The molecule has 14 heteroatoms. The van der Waals surface area contributed by atoms with Gasteiger partial charge in [-0.05, 0) is 55.2 Å². The highest BCUT2D eigenvalue weighted by Gasteiger charge is 2.45. The quantitative estimate of drug-likeness (QED) is 0.0509. The fourth-order valence-corrected chi connectivity index (χ4v) is 10.4. The topological polar surface area (TPSA) is 149 Å². The molecular formula is C43H63N5O8S. The summed E-state index contributed by atoms with van der Waals surface area (Å²) < 4.78 is 18.0. The number of hydrogen-bond acceptors (Lipinski definition) is 10. The van der Waals surface area contributed by atoms with E-state index in [-0.39, 0.29) is 61.0 Å². The Labute approximate surface area is 341 Å². The van der Waals surface area contributed by atoms with Crippen molar-refractivity contribution < 1.29 is 38.2 Å². The lowest BCUT2D eigenvalue weighted by atomic mass is 9.74. The molecule has 0 spiro atoms. The number of unbranched alkanes of at least 4 members (excludes halogenated alkanes) is 5.